The average molecular weight is 561 g/mol. The SMILES string of the molecule is COc1cc2c(cc1O[Si](C(C)C)(C(C)C)C(C)C)N(COCC[Si](C)(C)C)C(=O)[C@@H]1CC(C)=CN1C2=O. The molecule has 0 spiro atoms. The minimum absolute atomic E-state index is 0.0971. The van der Waals surface area contributed by atoms with Gasteiger partial charge >= 0.3 is 0 Å². The van der Waals surface area contributed by atoms with E-state index in [2.05, 4.69) is 61.2 Å². The van der Waals surface area contributed by atoms with Crippen molar-refractivity contribution in [1.29, 1.82) is 0 Å². The van der Waals surface area contributed by atoms with Gasteiger partial charge in [-0.1, -0.05) is 66.8 Å². The second kappa shape index (κ2) is 11.6. The number of fused-ring (bicyclic) bond motifs is 2. The second-order valence-corrected chi connectivity index (χ2v) is 24.0. The first-order valence-electron chi connectivity index (χ1n) is 13.9. The lowest BCUT2D eigenvalue weighted by atomic mass is 10.1. The summed E-state index contributed by atoms with van der Waals surface area (Å²) in [6.45, 7) is 22.9. The number of carbonyl (C=O) groups excluding carboxylic acids is 2. The van der Waals surface area contributed by atoms with Crippen LogP contribution in [0.4, 0.5) is 5.69 Å². The highest BCUT2D eigenvalue weighted by Gasteiger charge is 2.48. The molecule has 7 nitrogen and oxygen atoms in total. The minimum Gasteiger partial charge on any atom is -0.540 e. The van der Waals surface area contributed by atoms with Crippen LogP contribution >= 0.6 is 0 Å². The van der Waals surface area contributed by atoms with E-state index in [1.54, 1.807) is 29.2 Å². The van der Waals surface area contributed by atoms with Crippen LogP contribution in [0.5, 0.6) is 11.5 Å². The quantitative estimate of drug-likeness (QED) is 0.215. The molecule has 1 aromatic carbocycles. The lowest BCUT2D eigenvalue weighted by Crippen LogP contribution is -2.50. The van der Waals surface area contributed by atoms with Crippen LogP contribution in [-0.2, 0) is 9.53 Å². The molecule has 9 heteroatoms. The van der Waals surface area contributed by atoms with Crippen LogP contribution in [0.3, 0.4) is 0 Å². The smallest absolute Gasteiger partial charge is 0.260 e. The van der Waals surface area contributed by atoms with E-state index in [1.807, 2.05) is 13.0 Å². The number of hydrogen-bond acceptors (Lipinski definition) is 5. The van der Waals surface area contributed by atoms with Crippen molar-refractivity contribution < 1.29 is 23.5 Å². The summed E-state index contributed by atoms with van der Waals surface area (Å²) in [6, 6.07) is 4.03. The van der Waals surface area contributed by atoms with Crippen molar-refractivity contribution in [3.8, 4) is 11.5 Å². The summed E-state index contributed by atoms with van der Waals surface area (Å²) in [4.78, 5) is 30.9. The van der Waals surface area contributed by atoms with Gasteiger partial charge in [0.2, 0.25) is 0 Å². The van der Waals surface area contributed by atoms with Crippen molar-refractivity contribution in [3.63, 3.8) is 0 Å². The summed E-state index contributed by atoms with van der Waals surface area (Å²) in [5.74, 6) is 0.774. The number of carbonyl (C=O) groups is 2. The molecule has 0 saturated heterocycles. The fourth-order valence-corrected chi connectivity index (χ4v) is 12.0. The normalized spacial score (nSPS) is 18.3. The molecule has 1 atom stereocenters. The summed E-state index contributed by atoms with van der Waals surface area (Å²) in [7, 11) is -2.02. The molecule has 2 amide bonds. The van der Waals surface area contributed by atoms with E-state index in [-0.39, 0.29) is 18.5 Å². The Kier molecular flexibility index (Phi) is 9.26. The Morgan fingerprint density at radius 2 is 1.58 bits per heavy atom. The monoisotopic (exact) mass is 560 g/mol. The predicted octanol–water partition coefficient (Wildman–Crippen LogP) is 7.03. The summed E-state index contributed by atoms with van der Waals surface area (Å²) in [5.41, 5.74) is 3.03. The zero-order valence-corrected chi connectivity index (χ0v) is 27.3. The van der Waals surface area contributed by atoms with Crippen molar-refractivity contribution >= 4 is 33.9 Å². The Bertz CT molecular complexity index is 1060. The minimum atomic E-state index is -2.33. The first-order chi connectivity index (χ1) is 17.6. The van der Waals surface area contributed by atoms with Crippen LogP contribution in [0, 0.1) is 0 Å². The van der Waals surface area contributed by atoms with Crippen LogP contribution in [0.25, 0.3) is 0 Å². The van der Waals surface area contributed by atoms with E-state index in [0.29, 0.717) is 52.4 Å². The van der Waals surface area contributed by atoms with Crippen LogP contribution in [0.2, 0.25) is 42.3 Å². The van der Waals surface area contributed by atoms with Crippen molar-refractivity contribution in [2.75, 3.05) is 25.3 Å². The molecule has 3 rings (SSSR count). The Morgan fingerprint density at radius 3 is 2.11 bits per heavy atom. The van der Waals surface area contributed by atoms with Gasteiger partial charge < -0.3 is 18.8 Å². The molecule has 0 bridgehead atoms. The van der Waals surface area contributed by atoms with Crippen LogP contribution in [0.1, 0.15) is 65.2 Å². The number of ether oxygens (including phenoxy) is 2. The fourth-order valence-electron chi connectivity index (χ4n) is 6.02. The standard InChI is InChI=1S/C29H48N2O5Si2/c1-19(2)38(20(3)4,21(5)6)36-27-16-24-23(15-26(27)34-8)28(32)30-17-22(7)14-25(30)29(33)31(24)18-35-12-13-37(9,10)11/h15-17,19-21,25H,12-14,18H2,1-11H3/t25-/m0/s1. The van der Waals surface area contributed by atoms with E-state index < -0.39 is 22.4 Å². The number of amides is 2. The maximum Gasteiger partial charge on any atom is 0.260 e. The molecule has 212 valence electrons. The molecular weight excluding hydrogens is 513 g/mol. The molecule has 0 unspecified atom stereocenters. The molecule has 1 aromatic rings. The lowest BCUT2D eigenvalue weighted by Gasteiger charge is -2.42. The van der Waals surface area contributed by atoms with Gasteiger partial charge in [-0.15, -0.1) is 0 Å². The third kappa shape index (κ3) is 5.89. The average Bonchev–Trinajstić information content (AvgIpc) is 3.18. The van der Waals surface area contributed by atoms with Gasteiger partial charge in [0.25, 0.3) is 20.1 Å². The second-order valence-electron chi connectivity index (χ2n) is 13.0. The third-order valence-electron chi connectivity index (χ3n) is 8.01. The van der Waals surface area contributed by atoms with Gasteiger partial charge in [0.1, 0.15) is 18.5 Å². The molecule has 0 aromatic heterocycles. The molecule has 0 fully saturated rings. The largest absolute Gasteiger partial charge is 0.540 e. The van der Waals surface area contributed by atoms with Crippen molar-refractivity contribution in [2.24, 2.45) is 0 Å². The Morgan fingerprint density at radius 1 is 0.974 bits per heavy atom. The molecule has 0 N–H and O–H groups in total. The summed E-state index contributed by atoms with van der Waals surface area (Å²) in [5, 5.41) is 0. The summed E-state index contributed by atoms with van der Waals surface area (Å²) >= 11 is 0. The highest BCUT2D eigenvalue weighted by molar-refractivity contribution is 6.78. The van der Waals surface area contributed by atoms with E-state index >= 15 is 0 Å². The number of anilines is 1. The van der Waals surface area contributed by atoms with Gasteiger partial charge in [-0.25, -0.2) is 0 Å². The van der Waals surface area contributed by atoms with Crippen molar-refractivity contribution in [3.05, 3.63) is 29.5 Å². The van der Waals surface area contributed by atoms with Crippen LogP contribution in [0.15, 0.2) is 23.9 Å². The zero-order chi connectivity index (χ0) is 28.6. The van der Waals surface area contributed by atoms with Gasteiger partial charge in [-0.3, -0.25) is 14.5 Å². The number of nitrogens with zero attached hydrogens (tertiary/aromatic N) is 2. The third-order valence-corrected chi connectivity index (χ3v) is 15.7. The summed E-state index contributed by atoms with van der Waals surface area (Å²) in [6.07, 6.45) is 2.32. The van der Waals surface area contributed by atoms with Gasteiger partial charge in [-0.2, -0.15) is 0 Å². The Labute approximate surface area is 231 Å². The van der Waals surface area contributed by atoms with Gasteiger partial charge in [0, 0.05) is 26.9 Å². The van der Waals surface area contributed by atoms with Gasteiger partial charge in [0.15, 0.2) is 5.75 Å². The van der Waals surface area contributed by atoms with E-state index in [9.17, 15) is 9.59 Å². The molecule has 2 aliphatic heterocycles. The summed E-state index contributed by atoms with van der Waals surface area (Å²) < 4.78 is 18.9. The molecular formula is C29H48N2O5Si2. The van der Waals surface area contributed by atoms with Crippen molar-refractivity contribution in [2.45, 2.75) is 103 Å². The van der Waals surface area contributed by atoms with Crippen LogP contribution in [-0.4, -0.2) is 59.6 Å². The van der Waals surface area contributed by atoms with E-state index in [1.165, 1.54) is 0 Å². The molecule has 38 heavy (non-hydrogen) atoms. The zero-order valence-electron chi connectivity index (χ0n) is 25.3. The van der Waals surface area contributed by atoms with Gasteiger partial charge in [0.05, 0.1) is 18.4 Å². The fraction of sp³-hybridized carbons (Fsp3) is 0.655. The molecule has 2 aliphatic rings. The first-order valence-corrected chi connectivity index (χ1v) is 19.8. The molecule has 0 aliphatic carbocycles. The van der Waals surface area contributed by atoms with E-state index in [0.717, 1.165) is 11.6 Å². The number of hydrogen-bond donors (Lipinski definition) is 0. The first kappa shape index (κ1) is 30.4. The highest BCUT2D eigenvalue weighted by atomic mass is 28.4. The molecule has 0 saturated carbocycles. The number of benzene rings is 1. The lowest BCUT2D eigenvalue weighted by molar-refractivity contribution is -0.123. The van der Waals surface area contributed by atoms with Crippen LogP contribution < -0.4 is 14.1 Å². The van der Waals surface area contributed by atoms with E-state index in [4.69, 9.17) is 13.9 Å². The predicted molar refractivity (Wildman–Crippen MR) is 159 cm³/mol. The number of rotatable bonds is 11. The Balaban J connectivity index is 2.13. The maximum absolute atomic E-state index is 13.9. The number of methoxy groups -OCH3 is 1. The molecule has 2 heterocycles. The molecule has 0 radical (unpaired) electrons. The maximum atomic E-state index is 13.9. The van der Waals surface area contributed by atoms with Crippen molar-refractivity contribution in [1.82, 2.24) is 4.90 Å². The topological polar surface area (TPSA) is 68.3 Å². The highest BCUT2D eigenvalue weighted by Crippen LogP contribution is 2.47. The van der Waals surface area contributed by atoms with Gasteiger partial charge in [-0.05, 0) is 42.1 Å². The Hall–Kier alpha value is -2.11.